The van der Waals surface area contributed by atoms with E-state index in [1.54, 1.807) is 6.08 Å². The Morgan fingerprint density at radius 1 is 0.897 bits per heavy atom. The van der Waals surface area contributed by atoms with Crippen LogP contribution in [0.3, 0.4) is 0 Å². The normalized spacial score (nSPS) is 31.6. The average molecular weight is 419 g/mol. The summed E-state index contributed by atoms with van der Waals surface area (Å²) in [6.45, 7) is 6.00. The lowest BCUT2D eigenvalue weighted by molar-refractivity contribution is -0.298. The maximum absolute atomic E-state index is 11.3. The summed E-state index contributed by atoms with van der Waals surface area (Å²) in [7, 11) is 0. The van der Waals surface area contributed by atoms with E-state index in [4.69, 9.17) is 9.84 Å². The highest BCUT2D eigenvalue weighted by Crippen LogP contribution is 2.38. The Balaban J connectivity index is 2.94. The van der Waals surface area contributed by atoms with Crippen molar-refractivity contribution in [3.8, 4) is 0 Å². The Labute approximate surface area is 172 Å². The molecule has 1 unspecified atom stereocenters. The molecule has 0 amide bonds. The molecule has 0 aliphatic carbocycles. The second kappa shape index (κ2) is 11.0. The van der Waals surface area contributed by atoms with Gasteiger partial charge in [0.15, 0.2) is 0 Å². The smallest absolute Gasteiger partial charge is 0.122 e. The first-order valence-electron chi connectivity index (χ1n) is 10.1. The maximum atomic E-state index is 11.3. The van der Waals surface area contributed by atoms with Crippen molar-refractivity contribution >= 4 is 0 Å². The highest BCUT2D eigenvalue weighted by atomic mass is 16.6. The van der Waals surface area contributed by atoms with Crippen LogP contribution in [0.15, 0.2) is 23.3 Å². The van der Waals surface area contributed by atoms with Gasteiger partial charge in [0.05, 0.1) is 18.8 Å². The fourth-order valence-electron chi connectivity index (χ4n) is 3.59. The number of rotatable bonds is 10. The summed E-state index contributed by atoms with van der Waals surface area (Å²) >= 11 is 0. The minimum atomic E-state index is -1.94. The monoisotopic (exact) mass is 418 g/mol. The summed E-state index contributed by atoms with van der Waals surface area (Å²) < 4.78 is 5.52. The second-order valence-corrected chi connectivity index (χ2v) is 8.55. The van der Waals surface area contributed by atoms with Gasteiger partial charge in [-0.25, -0.2) is 0 Å². The standard InChI is InChI=1S/C21H38O8/c1-13(6-5-7-14(2)9-11-22)8-10-21(28,20(3,4)27)19-18(26)17(25)16(24)15(12-23)29-19/h6,9,15-19,22-28H,5,7-8,10-12H2,1-4H3/t15-,16-,17+,18-,19-,21?/m1/s1. The molecule has 0 aromatic carbocycles. The van der Waals surface area contributed by atoms with Crippen LogP contribution in [-0.2, 0) is 4.74 Å². The van der Waals surface area contributed by atoms with Crippen molar-refractivity contribution in [1.82, 2.24) is 0 Å². The Morgan fingerprint density at radius 2 is 1.48 bits per heavy atom. The zero-order valence-corrected chi connectivity index (χ0v) is 17.8. The first-order valence-corrected chi connectivity index (χ1v) is 10.1. The topological polar surface area (TPSA) is 151 Å². The number of allylic oxidation sites excluding steroid dienone is 3. The quantitative estimate of drug-likeness (QED) is 0.241. The highest BCUT2D eigenvalue weighted by Gasteiger charge is 2.57. The van der Waals surface area contributed by atoms with E-state index in [0.29, 0.717) is 6.42 Å². The maximum Gasteiger partial charge on any atom is 0.122 e. The molecule has 1 fully saturated rings. The third-order valence-corrected chi connectivity index (χ3v) is 5.79. The predicted octanol–water partition coefficient (Wildman–Crippen LogP) is -0.224. The molecule has 1 rings (SSSR count). The van der Waals surface area contributed by atoms with E-state index in [2.05, 4.69) is 0 Å². The van der Waals surface area contributed by atoms with Gasteiger partial charge in [-0.15, -0.1) is 0 Å². The molecule has 0 bridgehead atoms. The zero-order valence-electron chi connectivity index (χ0n) is 17.8. The molecule has 1 aliphatic heterocycles. The van der Waals surface area contributed by atoms with Gasteiger partial charge < -0.3 is 40.5 Å². The van der Waals surface area contributed by atoms with Crippen LogP contribution in [0.25, 0.3) is 0 Å². The molecule has 8 heteroatoms. The Kier molecular flexibility index (Phi) is 9.91. The lowest BCUT2D eigenvalue weighted by Crippen LogP contribution is -2.70. The summed E-state index contributed by atoms with van der Waals surface area (Å²) in [4.78, 5) is 0. The molecule has 170 valence electrons. The van der Waals surface area contributed by atoms with E-state index in [1.807, 2.05) is 19.9 Å². The van der Waals surface area contributed by atoms with Crippen molar-refractivity contribution in [3.63, 3.8) is 0 Å². The lowest BCUT2D eigenvalue weighted by atomic mass is 9.72. The van der Waals surface area contributed by atoms with Crippen molar-refractivity contribution < 1.29 is 40.5 Å². The largest absolute Gasteiger partial charge is 0.394 e. The number of ether oxygens (including phenoxy) is 1. The molecule has 0 radical (unpaired) electrons. The predicted molar refractivity (Wildman–Crippen MR) is 108 cm³/mol. The molecule has 8 nitrogen and oxygen atoms in total. The van der Waals surface area contributed by atoms with Crippen LogP contribution in [0.2, 0.25) is 0 Å². The summed E-state index contributed by atoms with van der Waals surface area (Å²) in [5.74, 6) is 0. The van der Waals surface area contributed by atoms with Crippen LogP contribution >= 0.6 is 0 Å². The molecule has 29 heavy (non-hydrogen) atoms. The summed E-state index contributed by atoms with van der Waals surface area (Å²) in [6.07, 6.45) is -1.62. The van der Waals surface area contributed by atoms with Gasteiger partial charge in [0, 0.05) is 0 Å². The van der Waals surface area contributed by atoms with Gasteiger partial charge in [0.25, 0.3) is 0 Å². The van der Waals surface area contributed by atoms with E-state index < -0.39 is 48.3 Å². The first kappa shape index (κ1) is 26.2. The number of aliphatic hydroxyl groups excluding tert-OH is 5. The fourth-order valence-corrected chi connectivity index (χ4v) is 3.59. The van der Waals surface area contributed by atoms with Crippen molar-refractivity contribution in [2.45, 2.75) is 95.1 Å². The zero-order chi connectivity index (χ0) is 22.4. The molecule has 1 heterocycles. The van der Waals surface area contributed by atoms with E-state index in [0.717, 1.165) is 24.0 Å². The third kappa shape index (κ3) is 6.57. The summed E-state index contributed by atoms with van der Waals surface area (Å²) in [6, 6.07) is 0. The van der Waals surface area contributed by atoms with Gasteiger partial charge in [-0.05, 0) is 53.4 Å². The molecular weight excluding hydrogens is 380 g/mol. The number of aliphatic hydroxyl groups is 7. The van der Waals surface area contributed by atoms with E-state index >= 15 is 0 Å². The molecule has 0 aromatic heterocycles. The fraction of sp³-hybridized carbons (Fsp3) is 0.810. The molecule has 1 aliphatic rings. The van der Waals surface area contributed by atoms with Crippen molar-refractivity contribution in [1.29, 1.82) is 0 Å². The highest BCUT2D eigenvalue weighted by molar-refractivity contribution is 5.11. The minimum absolute atomic E-state index is 0.00619. The van der Waals surface area contributed by atoms with Gasteiger partial charge in [0.1, 0.15) is 36.1 Å². The van der Waals surface area contributed by atoms with Gasteiger partial charge in [-0.2, -0.15) is 0 Å². The molecule has 1 saturated heterocycles. The van der Waals surface area contributed by atoms with Crippen LogP contribution in [0.1, 0.15) is 53.4 Å². The molecule has 6 atom stereocenters. The van der Waals surface area contributed by atoms with Gasteiger partial charge in [0.2, 0.25) is 0 Å². The van der Waals surface area contributed by atoms with Crippen molar-refractivity contribution in [2.75, 3.05) is 13.2 Å². The SMILES string of the molecule is CC(=CCO)CCC=C(C)CCC(O)([C@@H]1O[C@H](CO)[C@@H](O)[C@H](O)[C@H]1O)C(C)(C)O. The van der Waals surface area contributed by atoms with Crippen LogP contribution in [0, 0.1) is 0 Å². The molecule has 0 saturated carbocycles. The van der Waals surface area contributed by atoms with E-state index in [-0.39, 0.29) is 13.0 Å². The number of hydrogen-bond donors (Lipinski definition) is 7. The molecule has 7 N–H and O–H groups in total. The summed E-state index contributed by atoms with van der Waals surface area (Å²) in [5.41, 5.74) is -1.59. The average Bonchev–Trinajstić information content (AvgIpc) is 2.63. The van der Waals surface area contributed by atoms with Gasteiger partial charge in [-0.3, -0.25) is 0 Å². The number of hydrogen-bond acceptors (Lipinski definition) is 8. The molecular formula is C21H38O8. The summed E-state index contributed by atoms with van der Waals surface area (Å²) in [5, 5.41) is 70.7. The Hall–Kier alpha value is -0.840. The van der Waals surface area contributed by atoms with Crippen molar-refractivity contribution in [2.24, 2.45) is 0 Å². The van der Waals surface area contributed by atoms with Crippen LogP contribution in [0.5, 0.6) is 0 Å². The molecule has 0 aromatic rings. The van der Waals surface area contributed by atoms with E-state index in [9.17, 15) is 30.6 Å². The van der Waals surface area contributed by atoms with Crippen LogP contribution in [-0.4, -0.2) is 90.7 Å². The van der Waals surface area contributed by atoms with Crippen molar-refractivity contribution in [3.05, 3.63) is 23.3 Å². The van der Waals surface area contributed by atoms with Gasteiger partial charge >= 0.3 is 0 Å². The first-order chi connectivity index (χ1) is 13.4. The van der Waals surface area contributed by atoms with E-state index in [1.165, 1.54) is 13.8 Å². The molecule has 0 spiro atoms. The Bertz CT molecular complexity index is 566. The lowest BCUT2D eigenvalue weighted by Gasteiger charge is -2.51. The second-order valence-electron chi connectivity index (χ2n) is 8.55. The van der Waals surface area contributed by atoms with Crippen LogP contribution in [0.4, 0.5) is 0 Å². The third-order valence-electron chi connectivity index (χ3n) is 5.79. The minimum Gasteiger partial charge on any atom is -0.394 e. The van der Waals surface area contributed by atoms with Crippen LogP contribution < -0.4 is 0 Å². The Morgan fingerprint density at radius 3 is 2.00 bits per heavy atom. The van der Waals surface area contributed by atoms with Gasteiger partial charge in [-0.1, -0.05) is 23.3 Å².